The molecule has 0 saturated heterocycles. The number of thioether (sulfide) groups is 1. The molecule has 0 spiro atoms. The van der Waals surface area contributed by atoms with Crippen molar-refractivity contribution in [1.82, 2.24) is 0 Å². The van der Waals surface area contributed by atoms with Crippen LogP contribution in [0.2, 0.25) is 0 Å². The summed E-state index contributed by atoms with van der Waals surface area (Å²) in [7, 11) is 0. The number of carbonyl (C=O) groups is 1. The number of ketones is 1. The number of Topliss-reactive ketones (excluding diaryl/α,β-unsaturated/α-hetero) is 1. The Bertz CT molecular complexity index is 1610. The summed E-state index contributed by atoms with van der Waals surface area (Å²) in [4.78, 5) is 13.4. The third-order valence-electron chi connectivity index (χ3n) is 5.42. The second-order valence-corrected chi connectivity index (χ2v) is 8.55. The Hall–Kier alpha value is -4.54. The van der Waals surface area contributed by atoms with Crippen molar-refractivity contribution in [2.75, 3.05) is 5.01 Å². The molecule has 2 aromatic heterocycles. The summed E-state index contributed by atoms with van der Waals surface area (Å²) in [5.74, 6) is 0.176. The van der Waals surface area contributed by atoms with E-state index in [1.807, 2.05) is 78.9 Å². The summed E-state index contributed by atoms with van der Waals surface area (Å²) in [5.41, 5.74) is 2.00. The highest BCUT2D eigenvalue weighted by Crippen LogP contribution is 2.40. The number of rotatable bonds is 4. The minimum absolute atomic E-state index is 0.0530. The molecule has 0 fully saturated rings. The average Bonchev–Trinajstić information content (AvgIpc) is 3.61. The van der Waals surface area contributed by atoms with Gasteiger partial charge in [-0.3, -0.25) is 4.79 Å². The van der Waals surface area contributed by atoms with Gasteiger partial charge in [0.25, 0.3) is 0 Å². The van der Waals surface area contributed by atoms with Crippen LogP contribution >= 0.6 is 11.8 Å². The molecular weight excluding hydrogens is 446 g/mol. The van der Waals surface area contributed by atoms with Crippen LogP contribution < -0.4 is 5.01 Å². The summed E-state index contributed by atoms with van der Waals surface area (Å²) in [6.07, 6.45) is 0. The Labute approximate surface area is 198 Å². The number of nitrogens with zero attached hydrogens (tertiary/aromatic N) is 3. The van der Waals surface area contributed by atoms with E-state index in [0.29, 0.717) is 21.4 Å². The molecule has 6 rings (SSSR count). The summed E-state index contributed by atoms with van der Waals surface area (Å²) >= 11 is 1.22. The molecule has 0 N–H and O–H groups in total. The number of hydrazone groups is 1. The van der Waals surface area contributed by atoms with E-state index in [1.165, 1.54) is 11.8 Å². The first-order chi connectivity index (χ1) is 16.7. The smallest absolute Gasteiger partial charge is 0.241 e. The number of nitriles is 1. The molecular formula is C27H15N3O3S. The summed E-state index contributed by atoms with van der Waals surface area (Å²) in [6.45, 7) is 0. The molecule has 0 unspecified atom stereocenters. The van der Waals surface area contributed by atoms with Crippen LogP contribution in [0.3, 0.4) is 0 Å². The molecule has 3 aromatic carbocycles. The van der Waals surface area contributed by atoms with Crippen molar-refractivity contribution in [3.8, 4) is 6.07 Å². The standard InChI is InChI=1S/C27H15N3O3S/c28-16-20(25(31)23-14-17-8-4-6-12-21(17)32-23)27-30(19-10-2-1-3-11-19)29-26(34-27)24-15-18-9-5-7-13-22(18)33-24/h1-15H/b27-20+. The molecule has 1 aliphatic heterocycles. The van der Waals surface area contributed by atoms with Gasteiger partial charge in [0.2, 0.25) is 5.78 Å². The Morgan fingerprint density at radius 3 is 2.18 bits per heavy atom. The quantitative estimate of drug-likeness (QED) is 0.168. The lowest BCUT2D eigenvalue weighted by atomic mass is 10.1. The maximum absolute atomic E-state index is 13.4. The van der Waals surface area contributed by atoms with E-state index in [9.17, 15) is 10.1 Å². The number of fused-ring (bicyclic) bond motifs is 2. The highest BCUT2D eigenvalue weighted by atomic mass is 32.2. The van der Waals surface area contributed by atoms with Gasteiger partial charge >= 0.3 is 0 Å². The van der Waals surface area contributed by atoms with Crippen molar-refractivity contribution in [2.45, 2.75) is 0 Å². The van der Waals surface area contributed by atoms with E-state index in [4.69, 9.17) is 13.9 Å². The molecule has 162 valence electrons. The molecule has 1 aliphatic rings. The fraction of sp³-hybridized carbons (Fsp3) is 0. The van der Waals surface area contributed by atoms with Gasteiger partial charge in [-0.15, -0.1) is 0 Å². The van der Waals surface area contributed by atoms with Gasteiger partial charge in [0.1, 0.15) is 27.8 Å². The van der Waals surface area contributed by atoms with E-state index in [1.54, 1.807) is 17.1 Å². The number of benzene rings is 3. The predicted molar refractivity (Wildman–Crippen MR) is 132 cm³/mol. The van der Waals surface area contributed by atoms with Crippen molar-refractivity contribution < 1.29 is 13.6 Å². The third kappa shape index (κ3) is 3.38. The Kier molecular flexibility index (Phi) is 4.79. The van der Waals surface area contributed by atoms with Gasteiger partial charge in [-0.25, -0.2) is 5.01 Å². The van der Waals surface area contributed by atoms with Crippen molar-refractivity contribution in [1.29, 1.82) is 5.26 Å². The SMILES string of the molecule is N#C/C(C(=O)c1cc2ccccc2o1)=C1\SC(c2cc3ccccc3o2)=NN1c1ccccc1. The lowest BCUT2D eigenvalue weighted by Gasteiger charge is -2.16. The monoisotopic (exact) mass is 461 g/mol. The first-order valence-electron chi connectivity index (χ1n) is 10.5. The van der Waals surface area contributed by atoms with Crippen LogP contribution in [0.4, 0.5) is 5.69 Å². The molecule has 7 heteroatoms. The van der Waals surface area contributed by atoms with E-state index in [0.717, 1.165) is 22.0 Å². The number of para-hydroxylation sites is 3. The van der Waals surface area contributed by atoms with Gasteiger partial charge in [-0.2, -0.15) is 10.4 Å². The van der Waals surface area contributed by atoms with Gasteiger partial charge in [-0.05, 0) is 48.2 Å². The molecule has 0 saturated carbocycles. The number of carbonyl (C=O) groups excluding carboxylic acids is 1. The Balaban J connectivity index is 1.47. The van der Waals surface area contributed by atoms with Gasteiger partial charge in [0.15, 0.2) is 16.6 Å². The summed E-state index contributed by atoms with van der Waals surface area (Å²) in [6, 6.07) is 30.1. The van der Waals surface area contributed by atoms with Crippen LogP contribution in [-0.4, -0.2) is 10.8 Å². The van der Waals surface area contributed by atoms with E-state index in [2.05, 4.69) is 6.07 Å². The van der Waals surface area contributed by atoms with Crippen molar-refractivity contribution >= 4 is 50.2 Å². The van der Waals surface area contributed by atoms with Crippen LogP contribution in [0.25, 0.3) is 21.9 Å². The molecule has 0 radical (unpaired) electrons. The van der Waals surface area contributed by atoms with Crippen LogP contribution in [0, 0.1) is 11.3 Å². The lowest BCUT2D eigenvalue weighted by molar-refractivity contribution is 0.101. The summed E-state index contributed by atoms with van der Waals surface area (Å²) < 4.78 is 11.7. The zero-order chi connectivity index (χ0) is 23.1. The Morgan fingerprint density at radius 1 is 0.853 bits per heavy atom. The van der Waals surface area contributed by atoms with Crippen molar-refractivity contribution in [3.05, 3.63) is 113 Å². The summed E-state index contributed by atoms with van der Waals surface area (Å²) in [5, 5.41) is 19.1. The molecule has 0 atom stereocenters. The number of furan rings is 2. The average molecular weight is 462 g/mol. The van der Waals surface area contributed by atoms with Crippen LogP contribution in [-0.2, 0) is 0 Å². The van der Waals surface area contributed by atoms with E-state index in [-0.39, 0.29) is 11.3 Å². The minimum atomic E-state index is -0.497. The van der Waals surface area contributed by atoms with Gasteiger partial charge in [0.05, 0.1) is 5.69 Å². The predicted octanol–water partition coefficient (Wildman–Crippen LogP) is 6.71. The van der Waals surface area contributed by atoms with Gasteiger partial charge in [-0.1, -0.05) is 54.6 Å². The van der Waals surface area contributed by atoms with Gasteiger partial charge < -0.3 is 8.83 Å². The van der Waals surface area contributed by atoms with E-state index < -0.39 is 5.78 Å². The molecule has 6 nitrogen and oxygen atoms in total. The number of anilines is 1. The maximum Gasteiger partial charge on any atom is 0.241 e. The Morgan fingerprint density at radius 2 is 1.50 bits per heavy atom. The third-order valence-corrected chi connectivity index (χ3v) is 6.46. The van der Waals surface area contributed by atoms with Crippen molar-refractivity contribution in [2.24, 2.45) is 5.10 Å². The molecule has 34 heavy (non-hydrogen) atoms. The molecule has 0 bridgehead atoms. The first-order valence-corrected chi connectivity index (χ1v) is 11.3. The normalized spacial score (nSPS) is 14.9. The zero-order valence-corrected chi connectivity index (χ0v) is 18.5. The molecule has 0 aliphatic carbocycles. The van der Waals surface area contributed by atoms with Crippen LogP contribution in [0.5, 0.6) is 0 Å². The first kappa shape index (κ1) is 20.1. The second kappa shape index (κ2) is 8.10. The fourth-order valence-corrected chi connectivity index (χ4v) is 4.77. The topological polar surface area (TPSA) is 82.7 Å². The second-order valence-electron chi connectivity index (χ2n) is 7.57. The molecule has 0 amide bonds. The molecule has 3 heterocycles. The largest absolute Gasteiger partial charge is 0.454 e. The highest BCUT2D eigenvalue weighted by molar-refractivity contribution is 8.18. The highest BCUT2D eigenvalue weighted by Gasteiger charge is 2.33. The maximum atomic E-state index is 13.4. The lowest BCUT2D eigenvalue weighted by Crippen LogP contribution is -2.14. The number of hydrogen-bond donors (Lipinski definition) is 0. The molecule has 5 aromatic rings. The van der Waals surface area contributed by atoms with Crippen LogP contribution in [0.1, 0.15) is 16.3 Å². The number of hydrogen-bond acceptors (Lipinski definition) is 7. The fourth-order valence-electron chi connectivity index (χ4n) is 3.79. The zero-order valence-electron chi connectivity index (χ0n) is 17.6. The minimum Gasteiger partial charge on any atom is -0.454 e. The van der Waals surface area contributed by atoms with Crippen molar-refractivity contribution in [3.63, 3.8) is 0 Å². The number of allylic oxidation sites excluding steroid dienone is 1. The van der Waals surface area contributed by atoms with Gasteiger partial charge in [0, 0.05) is 10.8 Å². The van der Waals surface area contributed by atoms with E-state index >= 15 is 0 Å². The van der Waals surface area contributed by atoms with Crippen LogP contribution in [0.15, 0.2) is 116 Å².